The Balaban J connectivity index is 2.29. The van der Waals surface area contributed by atoms with Gasteiger partial charge in [-0.25, -0.2) is 0 Å². The fourth-order valence-electron chi connectivity index (χ4n) is 1.04. The summed E-state index contributed by atoms with van der Waals surface area (Å²) < 4.78 is 6.25. The fourth-order valence-corrected chi connectivity index (χ4v) is 1.83. The van der Waals surface area contributed by atoms with E-state index in [0.717, 1.165) is 4.47 Å². The Kier molecular flexibility index (Phi) is 5.59. The summed E-state index contributed by atoms with van der Waals surface area (Å²) in [5.41, 5.74) is 4.96. The van der Waals surface area contributed by atoms with Crippen molar-refractivity contribution in [1.29, 1.82) is 0 Å². The minimum Gasteiger partial charge on any atom is -0.491 e. The Morgan fingerprint density at radius 2 is 2.31 bits per heavy atom. The van der Waals surface area contributed by atoms with Crippen LogP contribution >= 0.6 is 27.5 Å². The van der Waals surface area contributed by atoms with Gasteiger partial charge in [0.1, 0.15) is 12.4 Å². The molecule has 0 spiro atoms. The summed E-state index contributed by atoms with van der Waals surface area (Å²) in [6.07, 6.45) is 0. The van der Waals surface area contributed by atoms with E-state index in [1.165, 1.54) is 0 Å². The van der Waals surface area contributed by atoms with Crippen molar-refractivity contribution in [3.8, 4) is 5.75 Å². The SMILES string of the molecule is NC(=O)CNCCOc1ccc(Cl)cc1Br. The van der Waals surface area contributed by atoms with Crippen LogP contribution in [0.15, 0.2) is 22.7 Å². The number of benzene rings is 1. The third kappa shape index (κ3) is 4.83. The Morgan fingerprint density at radius 1 is 1.56 bits per heavy atom. The topological polar surface area (TPSA) is 64.4 Å². The van der Waals surface area contributed by atoms with Crippen molar-refractivity contribution < 1.29 is 9.53 Å². The third-order valence-electron chi connectivity index (χ3n) is 1.73. The molecule has 0 fully saturated rings. The number of nitrogens with one attached hydrogen (secondary N) is 1. The molecule has 0 aliphatic carbocycles. The molecule has 1 aromatic rings. The average Bonchev–Trinajstić information content (AvgIpc) is 2.20. The number of carbonyl (C=O) groups excluding carboxylic acids is 1. The van der Waals surface area contributed by atoms with Gasteiger partial charge >= 0.3 is 0 Å². The first-order valence-electron chi connectivity index (χ1n) is 4.66. The van der Waals surface area contributed by atoms with Crippen molar-refractivity contribution in [2.45, 2.75) is 0 Å². The summed E-state index contributed by atoms with van der Waals surface area (Å²) in [7, 11) is 0. The van der Waals surface area contributed by atoms with Crippen LogP contribution in [-0.4, -0.2) is 25.6 Å². The van der Waals surface area contributed by atoms with Crippen molar-refractivity contribution in [2.75, 3.05) is 19.7 Å². The maximum Gasteiger partial charge on any atom is 0.231 e. The standard InChI is InChI=1S/C10H12BrClN2O2/c11-8-5-7(12)1-2-9(8)16-4-3-14-6-10(13)15/h1-2,5,14H,3-4,6H2,(H2,13,15). The van der Waals surface area contributed by atoms with E-state index in [-0.39, 0.29) is 12.5 Å². The van der Waals surface area contributed by atoms with Crippen LogP contribution in [0.4, 0.5) is 0 Å². The molecular weight excluding hydrogens is 295 g/mol. The molecule has 0 atom stereocenters. The normalized spacial score (nSPS) is 10.1. The summed E-state index contributed by atoms with van der Waals surface area (Å²) in [6.45, 7) is 1.16. The molecule has 0 bridgehead atoms. The van der Waals surface area contributed by atoms with E-state index >= 15 is 0 Å². The molecule has 3 N–H and O–H groups in total. The minimum absolute atomic E-state index is 0.158. The van der Waals surface area contributed by atoms with Gasteiger partial charge in [-0.1, -0.05) is 11.6 Å². The first-order chi connectivity index (χ1) is 7.59. The van der Waals surface area contributed by atoms with Crippen LogP contribution in [0.2, 0.25) is 5.02 Å². The highest BCUT2D eigenvalue weighted by molar-refractivity contribution is 9.10. The van der Waals surface area contributed by atoms with Crippen LogP contribution in [0.5, 0.6) is 5.75 Å². The van der Waals surface area contributed by atoms with Gasteiger partial charge in [-0.2, -0.15) is 0 Å². The van der Waals surface area contributed by atoms with Gasteiger partial charge in [-0.05, 0) is 34.1 Å². The molecule has 16 heavy (non-hydrogen) atoms. The van der Waals surface area contributed by atoms with Crippen LogP contribution in [0, 0.1) is 0 Å². The van der Waals surface area contributed by atoms with Gasteiger partial charge in [0.25, 0.3) is 0 Å². The molecule has 0 saturated heterocycles. The van der Waals surface area contributed by atoms with Crippen LogP contribution in [-0.2, 0) is 4.79 Å². The van der Waals surface area contributed by atoms with E-state index in [1.54, 1.807) is 18.2 Å². The predicted molar refractivity (Wildman–Crippen MR) is 66.7 cm³/mol. The van der Waals surface area contributed by atoms with E-state index in [9.17, 15) is 4.79 Å². The predicted octanol–water partition coefficient (Wildman–Crippen LogP) is 1.56. The van der Waals surface area contributed by atoms with Crippen molar-refractivity contribution in [1.82, 2.24) is 5.32 Å². The summed E-state index contributed by atoms with van der Waals surface area (Å²) in [6, 6.07) is 5.28. The summed E-state index contributed by atoms with van der Waals surface area (Å²) in [5.74, 6) is 0.331. The van der Waals surface area contributed by atoms with E-state index < -0.39 is 0 Å². The van der Waals surface area contributed by atoms with Gasteiger partial charge in [0, 0.05) is 11.6 Å². The molecule has 1 rings (SSSR count). The fraction of sp³-hybridized carbons (Fsp3) is 0.300. The third-order valence-corrected chi connectivity index (χ3v) is 2.58. The Morgan fingerprint density at radius 3 is 2.94 bits per heavy atom. The zero-order valence-electron chi connectivity index (χ0n) is 8.50. The molecule has 4 nitrogen and oxygen atoms in total. The highest BCUT2D eigenvalue weighted by atomic mass is 79.9. The maximum atomic E-state index is 10.4. The Labute approximate surface area is 107 Å². The second kappa shape index (κ2) is 6.73. The smallest absolute Gasteiger partial charge is 0.231 e. The van der Waals surface area contributed by atoms with Gasteiger partial charge in [0.15, 0.2) is 0 Å². The monoisotopic (exact) mass is 306 g/mol. The highest BCUT2D eigenvalue weighted by Gasteiger charge is 2.01. The van der Waals surface area contributed by atoms with Crippen LogP contribution in [0.1, 0.15) is 0 Å². The number of amides is 1. The van der Waals surface area contributed by atoms with Gasteiger partial charge < -0.3 is 15.8 Å². The zero-order valence-corrected chi connectivity index (χ0v) is 10.8. The zero-order chi connectivity index (χ0) is 12.0. The maximum absolute atomic E-state index is 10.4. The second-order valence-corrected chi connectivity index (χ2v) is 4.36. The molecule has 6 heteroatoms. The molecule has 0 radical (unpaired) electrons. The number of primary amides is 1. The number of nitrogens with two attached hydrogens (primary N) is 1. The number of hydrogen-bond donors (Lipinski definition) is 2. The van der Waals surface area contributed by atoms with Crippen LogP contribution < -0.4 is 15.8 Å². The second-order valence-electron chi connectivity index (χ2n) is 3.07. The quantitative estimate of drug-likeness (QED) is 0.784. The molecule has 0 unspecified atom stereocenters. The highest BCUT2D eigenvalue weighted by Crippen LogP contribution is 2.27. The van der Waals surface area contributed by atoms with Crippen LogP contribution in [0.3, 0.4) is 0 Å². The Bertz CT molecular complexity index is 374. The lowest BCUT2D eigenvalue weighted by Gasteiger charge is -2.08. The molecule has 0 heterocycles. The minimum atomic E-state index is -0.382. The Hall–Kier alpha value is -0.780. The number of ether oxygens (including phenoxy) is 1. The summed E-state index contributed by atoms with van der Waals surface area (Å²) >= 11 is 9.12. The molecule has 88 valence electrons. The number of hydrogen-bond acceptors (Lipinski definition) is 3. The van der Waals surface area contributed by atoms with Crippen molar-refractivity contribution in [2.24, 2.45) is 5.73 Å². The number of halogens is 2. The summed E-state index contributed by atoms with van der Waals surface area (Å²) in [5, 5.41) is 3.49. The molecule has 0 aliphatic heterocycles. The molecular formula is C10H12BrClN2O2. The van der Waals surface area contributed by atoms with Crippen molar-refractivity contribution in [3.05, 3.63) is 27.7 Å². The van der Waals surface area contributed by atoms with Gasteiger partial charge in [-0.15, -0.1) is 0 Å². The van der Waals surface area contributed by atoms with E-state index in [1.807, 2.05) is 0 Å². The number of rotatable bonds is 6. The van der Waals surface area contributed by atoms with Gasteiger partial charge in [0.05, 0.1) is 11.0 Å². The van der Waals surface area contributed by atoms with E-state index in [4.69, 9.17) is 22.1 Å². The molecule has 0 saturated carbocycles. The van der Waals surface area contributed by atoms with E-state index in [2.05, 4.69) is 21.2 Å². The first-order valence-corrected chi connectivity index (χ1v) is 5.83. The average molecular weight is 308 g/mol. The first kappa shape index (κ1) is 13.3. The molecule has 0 aromatic heterocycles. The lowest BCUT2D eigenvalue weighted by molar-refractivity contribution is -0.117. The molecule has 1 amide bonds. The van der Waals surface area contributed by atoms with Gasteiger partial charge in [0.2, 0.25) is 5.91 Å². The molecule has 0 aliphatic rings. The largest absolute Gasteiger partial charge is 0.491 e. The lowest BCUT2D eigenvalue weighted by Crippen LogP contribution is -2.31. The van der Waals surface area contributed by atoms with E-state index in [0.29, 0.717) is 23.9 Å². The van der Waals surface area contributed by atoms with Crippen molar-refractivity contribution in [3.63, 3.8) is 0 Å². The summed E-state index contributed by atoms with van der Waals surface area (Å²) in [4.78, 5) is 10.4. The van der Waals surface area contributed by atoms with Crippen LogP contribution in [0.25, 0.3) is 0 Å². The number of carbonyl (C=O) groups is 1. The lowest BCUT2D eigenvalue weighted by atomic mass is 10.3. The van der Waals surface area contributed by atoms with Gasteiger partial charge in [-0.3, -0.25) is 4.79 Å². The molecule has 1 aromatic carbocycles. The van der Waals surface area contributed by atoms with Crippen molar-refractivity contribution >= 4 is 33.4 Å².